The van der Waals surface area contributed by atoms with Gasteiger partial charge in [0.25, 0.3) is 0 Å². The van der Waals surface area contributed by atoms with Crippen LogP contribution in [0.3, 0.4) is 0 Å². The third-order valence-electron chi connectivity index (χ3n) is 2.75. The molecule has 0 fully saturated rings. The number of nitrogens with one attached hydrogen (secondary N) is 1. The van der Waals surface area contributed by atoms with Gasteiger partial charge in [0.1, 0.15) is 17.5 Å². The number of aryl methyl sites for hydroxylation is 2. The minimum absolute atomic E-state index is 0.437. The first-order valence-corrected chi connectivity index (χ1v) is 5.68. The van der Waals surface area contributed by atoms with Crippen LogP contribution in [0.25, 0.3) is 0 Å². The zero-order valence-electron chi connectivity index (χ0n) is 10.4. The zero-order valence-corrected chi connectivity index (χ0v) is 10.4. The van der Waals surface area contributed by atoms with Gasteiger partial charge in [-0.3, -0.25) is 0 Å². The Hall–Kier alpha value is -2.19. The molecule has 2 aromatic heterocycles. The molecule has 0 unspecified atom stereocenters. The van der Waals surface area contributed by atoms with Gasteiger partial charge in [0.05, 0.1) is 5.69 Å². The van der Waals surface area contributed by atoms with Gasteiger partial charge >= 0.3 is 0 Å². The lowest BCUT2D eigenvalue weighted by molar-refractivity contribution is 0.392. The van der Waals surface area contributed by atoms with Gasteiger partial charge in [0.15, 0.2) is 0 Å². The van der Waals surface area contributed by atoms with Crippen molar-refractivity contribution in [1.29, 1.82) is 5.26 Å². The molecule has 0 radical (unpaired) electrons. The van der Waals surface area contributed by atoms with Gasteiger partial charge in [-0.15, -0.1) is 0 Å². The molecule has 5 heteroatoms. The maximum atomic E-state index is 8.76. The first-order valence-electron chi connectivity index (χ1n) is 5.68. The highest BCUT2D eigenvalue weighted by Crippen LogP contribution is 2.11. The number of aromatic nitrogens is 2. The van der Waals surface area contributed by atoms with Gasteiger partial charge < -0.3 is 9.84 Å². The molecule has 2 aromatic rings. The molecule has 5 nitrogen and oxygen atoms in total. The Bertz CT molecular complexity index is 563. The predicted molar refractivity (Wildman–Crippen MR) is 65.5 cm³/mol. The van der Waals surface area contributed by atoms with E-state index in [9.17, 15) is 0 Å². The lowest BCUT2D eigenvalue weighted by Crippen LogP contribution is -2.13. The van der Waals surface area contributed by atoms with E-state index in [-0.39, 0.29) is 0 Å². The van der Waals surface area contributed by atoms with E-state index in [0.29, 0.717) is 18.8 Å². The third kappa shape index (κ3) is 2.73. The van der Waals surface area contributed by atoms with Crippen molar-refractivity contribution in [1.82, 2.24) is 15.5 Å². The molecule has 0 saturated heterocycles. The Morgan fingerprint density at radius 2 is 2.22 bits per heavy atom. The van der Waals surface area contributed by atoms with Crippen LogP contribution < -0.4 is 5.32 Å². The number of hydrogen-bond acceptors (Lipinski definition) is 5. The van der Waals surface area contributed by atoms with E-state index in [1.54, 1.807) is 12.3 Å². The van der Waals surface area contributed by atoms with E-state index in [2.05, 4.69) is 15.5 Å². The molecule has 0 bridgehead atoms. The van der Waals surface area contributed by atoms with E-state index in [1.807, 2.05) is 26.0 Å². The highest BCUT2D eigenvalue weighted by atomic mass is 16.5. The normalized spacial score (nSPS) is 10.3. The summed E-state index contributed by atoms with van der Waals surface area (Å²) in [5, 5.41) is 16.0. The van der Waals surface area contributed by atoms with Crippen LogP contribution >= 0.6 is 0 Å². The maximum absolute atomic E-state index is 8.76. The van der Waals surface area contributed by atoms with Crippen LogP contribution in [-0.2, 0) is 13.1 Å². The second kappa shape index (κ2) is 5.43. The summed E-state index contributed by atoms with van der Waals surface area (Å²) < 4.78 is 5.09. The van der Waals surface area contributed by atoms with Crippen LogP contribution in [0.1, 0.15) is 28.3 Å². The average Bonchev–Trinajstić information content (AvgIpc) is 2.70. The summed E-state index contributed by atoms with van der Waals surface area (Å²) in [6.07, 6.45) is 1.64. The fourth-order valence-electron chi connectivity index (χ4n) is 1.73. The van der Waals surface area contributed by atoms with Gasteiger partial charge in [-0.25, -0.2) is 4.98 Å². The molecular formula is C13H14N4O. The minimum Gasteiger partial charge on any atom is -0.361 e. The molecule has 0 amide bonds. The molecule has 1 N–H and O–H groups in total. The number of nitrogens with zero attached hydrogens (tertiary/aromatic N) is 3. The first-order chi connectivity index (χ1) is 8.70. The van der Waals surface area contributed by atoms with Crippen LogP contribution in [0.15, 0.2) is 22.9 Å². The minimum atomic E-state index is 0.437. The zero-order chi connectivity index (χ0) is 13.0. The van der Waals surface area contributed by atoms with E-state index in [1.165, 1.54) is 0 Å². The maximum Gasteiger partial charge on any atom is 0.140 e. The highest BCUT2D eigenvalue weighted by Gasteiger charge is 2.07. The predicted octanol–water partition coefficient (Wildman–Crippen LogP) is 1.85. The number of nitriles is 1. The van der Waals surface area contributed by atoms with Gasteiger partial charge in [0, 0.05) is 24.8 Å². The molecule has 0 aromatic carbocycles. The molecule has 92 valence electrons. The van der Waals surface area contributed by atoms with Crippen molar-refractivity contribution < 1.29 is 4.52 Å². The van der Waals surface area contributed by atoms with Crippen molar-refractivity contribution in [2.24, 2.45) is 0 Å². The van der Waals surface area contributed by atoms with E-state index >= 15 is 0 Å². The van der Waals surface area contributed by atoms with Crippen molar-refractivity contribution in [2.75, 3.05) is 0 Å². The summed E-state index contributed by atoms with van der Waals surface area (Å²) in [5.74, 6) is 0.840. The van der Waals surface area contributed by atoms with Crippen LogP contribution in [0.4, 0.5) is 0 Å². The summed E-state index contributed by atoms with van der Waals surface area (Å²) in [7, 11) is 0. The highest BCUT2D eigenvalue weighted by molar-refractivity contribution is 5.25. The lowest BCUT2D eigenvalue weighted by Gasteiger charge is -2.04. The summed E-state index contributed by atoms with van der Waals surface area (Å²) >= 11 is 0. The number of pyridine rings is 1. The topological polar surface area (TPSA) is 74.7 Å². The van der Waals surface area contributed by atoms with Gasteiger partial charge in [0.2, 0.25) is 0 Å². The van der Waals surface area contributed by atoms with Gasteiger partial charge in [-0.05, 0) is 31.5 Å². The monoisotopic (exact) mass is 242 g/mol. The Morgan fingerprint density at radius 1 is 1.39 bits per heavy atom. The van der Waals surface area contributed by atoms with Crippen molar-refractivity contribution in [2.45, 2.75) is 26.9 Å². The smallest absolute Gasteiger partial charge is 0.140 e. The average molecular weight is 242 g/mol. The lowest BCUT2D eigenvalue weighted by atomic mass is 10.2. The Labute approximate surface area is 105 Å². The second-order valence-corrected chi connectivity index (χ2v) is 4.07. The van der Waals surface area contributed by atoms with E-state index in [4.69, 9.17) is 9.78 Å². The molecule has 0 aliphatic rings. The fraction of sp³-hybridized carbons (Fsp3) is 0.308. The van der Waals surface area contributed by atoms with Crippen LogP contribution in [0, 0.1) is 25.2 Å². The summed E-state index contributed by atoms with van der Waals surface area (Å²) in [4.78, 5) is 3.93. The number of hydrogen-bond donors (Lipinski definition) is 1. The largest absolute Gasteiger partial charge is 0.361 e. The van der Waals surface area contributed by atoms with Crippen molar-refractivity contribution >= 4 is 0 Å². The molecule has 2 heterocycles. The quantitative estimate of drug-likeness (QED) is 0.885. The standard InChI is InChI=1S/C13H14N4O/c1-9-13(10(2)18-17-9)8-15-7-11-3-4-16-12(5-11)6-14/h3-5,15H,7-8H2,1-2H3. The molecule has 18 heavy (non-hydrogen) atoms. The Kier molecular flexibility index (Phi) is 3.70. The molecule has 0 aliphatic heterocycles. The molecule has 0 saturated carbocycles. The molecule has 0 atom stereocenters. The van der Waals surface area contributed by atoms with E-state index in [0.717, 1.165) is 22.6 Å². The molecule has 0 aliphatic carbocycles. The van der Waals surface area contributed by atoms with Gasteiger partial charge in [-0.1, -0.05) is 5.16 Å². The first kappa shape index (κ1) is 12.3. The number of rotatable bonds is 4. The van der Waals surface area contributed by atoms with Gasteiger partial charge in [-0.2, -0.15) is 5.26 Å². The van der Waals surface area contributed by atoms with Crippen LogP contribution in [0.5, 0.6) is 0 Å². The summed E-state index contributed by atoms with van der Waals surface area (Å²) in [6, 6.07) is 5.69. The summed E-state index contributed by atoms with van der Waals surface area (Å²) in [6.45, 7) is 5.21. The Morgan fingerprint density at radius 3 is 2.89 bits per heavy atom. The Balaban J connectivity index is 1.95. The van der Waals surface area contributed by atoms with Crippen molar-refractivity contribution in [3.05, 3.63) is 46.6 Å². The molecule has 2 rings (SSSR count). The fourth-order valence-corrected chi connectivity index (χ4v) is 1.73. The van der Waals surface area contributed by atoms with Crippen molar-refractivity contribution in [3.8, 4) is 6.07 Å². The van der Waals surface area contributed by atoms with Crippen molar-refractivity contribution in [3.63, 3.8) is 0 Å². The molecule has 0 spiro atoms. The molecular weight excluding hydrogens is 228 g/mol. The SMILES string of the molecule is Cc1noc(C)c1CNCc1ccnc(C#N)c1. The second-order valence-electron chi connectivity index (χ2n) is 4.07. The van der Waals surface area contributed by atoms with E-state index < -0.39 is 0 Å². The van der Waals surface area contributed by atoms with Crippen LogP contribution in [-0.4, -0.2) is 10.1 Å². The summed E-state index contributed by atoms with van der Waals surface area (Å²) in [5.41, 5.74) is 3.47. The third-order valence-corrected chi connectivity index (χ3v) is 2.75. The van der Waals surface area contributed by atoms with Crippen LogP contribution in [0.2, 0.25) is 0 Å².